The van der Waals surface area contributed by atoms with Crippen molar-refractivity contribution in [3.63, 3.8) is 0 Å². The summed E-state index contributed by atoms with van der Waals surface area (Å²) in [7, 11) is 0. The van der Waals surface area contributed by atoms with Gasteiger partial charge in [0.2, 0.25) is 11.1 Å². The van der Waals surface area contributed by atoms with Crippen LogP contribution < -0.4 is 5.43 Å². The molecule has 3 aromatic rings. The van der Waals surface area contributed by atoms with Crippen molar-refractivity contribution in [1.82, 2.24) is 19.8 Å². The van der Waals surface area contributed by atoms with E-state index in [0.29, 0.717) is 18.2 Å². The van der Waals surface area contributed by atoms with Crippen molar-refractivity contribution in [1.29, 1.82) is 0 Å². The molecule has 0 radical (unpaired) electrons. The van der Waals surface area contributed by atoms with Gasteiger partial charge in [0.05, 0.1) is 6.04 Å². The molecule has 1 aromatic heterocycles. The van der Waals surface area contributed by atoms with E-state index in [0.717, 1.165) is 17.0 Å². The first-order valence-corrected chi connectivity index (χ1v) is 10.8. The summed E-state index contributed by atoms with van der Waals surface area (Å²) < 4.78 is 1.91. The van der Waals surface area contributed by atoms with Crippen molar-refractivity contribution in [2.75, 3.05) is 18.5 Å². The van der Waals surface area contributed by atoms with Crippen LogP contribution in [-0.2, 0) is 4.79 Å². The standard InChI is InChI=1S/C22H25N5OS/c1-4-26(5-2)21(28)19-18(16-13-11-15(3)12-14-16)25-27-20(23-24-22(27)29-19)17-9-7-6-8-10-17/h6-14,18-19,25H,4-5H2,1-3H3/t18-,19+/m0/s1. The molecule has 4 rings (SSSR count). The molecule has 6 nitrogen and oxygen atoms in total. The molecule has 2 aromatic carbocycles. The van der Waals surface area contributed by atoms with Gasteiger partial charge in [0.15, 0.2) is 5.82 Å². The van der Waals surface area contributed by atoms with E-state index in [2.05, 4.69) is 46.8 Å². The van der Waals surface area contributed by atoms with Gasteiger partial charge in [-0.3, -0.25) is 4.79 Å². The second kappa shape index (κ2) is 8.29. The number of benzene rings is 2. The summed E-state index contributed by atoms with van der Waals surface area (Å²) in [5, 5.41) is 9.15. The van der Waals surface area contributed by atoms with Crippen molar-refractivity contribution < 1.29 is 4.79 Å². The summed E-state index contributed by atoms with van der Waals surface area (Å²) in [5.41, 5.74) is 6.79. The van der Waals surface area contributed by atoms with Crippen molar-refractivity contribution in [2.45, 2.75) is 37.2 Å². The van der Waals surface area contributed by atoms with E-state index in [9.17, 15) is 4.79 Å². The lowest BCUT2D eigenvalue weighted by Crippen LogP contribution is -2.46. The molecule has 0 spiro atoms. The lowest BCUT2D eigenvalue weighted by molar-refractivity contribution is -0.130. The molecule has 0 saturated carbocycles. The molecule has 0 saturated heterocycles. The third-order valence-electron chi connectivity index (χ3n) is 5.22. The average molecular weight is 408 g/mol. The minimum absolute atomic E-state index is 0.119. The van der Waals surface area contributed by atoms with Gasteiger partial charge in [0.1, 0.15) is 5.25 Å². The topological polar surface area (TPSA) is 63.1 Å². The van der Waals surface area contributed by atoms with Gasteiger partial charge in [-0.2, -0.15) is 0 Å². The molecule has 2 atom stereocenters. The monoisotopic (exact) mass is 407 g/mol. The summed E-state index contributed by atoms with van der Waals surface area (Å²) in [6.07, 6.45) is 0. The van der Waals surface area contributed by atoms with Crippen LogP contribution in [0, 0.1) is 6.92 Å². The molecular weight excluding hydrogens is 382 g/mol. The Bertz CT molecular complexity index is 982. The van der Waals surface area contributed by atoms with Crippen LogP contribution >= 0.6 is 11.8 Å². The van der Waals surface area contributed by atoms with E-state index < -0.39 is 0 Å². The van der Waals surface area contributed by atoms with E-state index in [1.54, 1.807) is 0 Å². The van der Waals surface area contributed by atoms with Gasteiger partial charge in [-0.1, -0.05) is 71.9 Å². The van der Waals surface area contributed by atoms with Gasteiger partial charge in [0.25, 0.3) is 0 Å². The molecule has 0 bridgehead atoms. The number of carbonyl (C=O) groups is 1. The summed E-state index contributed by atoms with van der Waals surface area (Å²) in [5.74, 6) is 0.868. The molecule has 1 amide bonds. The van der Waals surface area contributed by atoms with E-state index in [1.165, 1.54) is 17.3 Å². The van der Waals surface area contributed by atoms with Crippen LogP contribution in [-0.4, -0.2) is 44.0 Å². The Kier molecular flexibility index (Phi) is 5.58. The van der Waals surface area contributed by atoms with E-state index >= 15 is 0 Å². The van der Waals surface area contributed by atoms with Crippen LogP contribution in [0.1, 0.15) is 31.0 Å². The Morgan fingerprint density at radius 1 is 1.07 bits per heavy atom. The van der Waals surface area contributed by atoms with Crippen LogP contribution in [0.2, 0.25) is 0 Å². The van der Waals surface area contributed by atoms with E-state index in [-0.39, 0.29) is 17.2 Å². The highest BCUT2D eigenvalue weighted by Crippen LogP contribution is 2.39. The molecule has 7 heteroatoms. The number of amides is 1. The fourth-order valence-electron chi connectivity index (χ4n) is 3.56. The number of hydrogen-bond donors (Lipinski definition) is 1. The van der Waals surface area contributed by atoms with Gasteiger partial charge in [-0.05, 0) is 26.3 Å². The minimum Gasteiger partial charge on any atom is -0.342 e. The molecular formula is C22H25N5OS. The number of carbonyl (C=O) groups excluding carboxylic acids is 1. The molecule has 2 heterocycles. The van der Waals surface area contributed by atoms with Crippen molar-refractivity contribution in [3.05, 3.63) is 65.7 Å². The first-order chi connectivity index (χ1) is 14.1. The maximum absolute atomic E-state index is 13.3. The highest BCUT2D eigenvalue weighted by Gasteiger charge is 2.39. The van der Waals surface area contributed by atoms with E-state index in [1.807, 2.05) is 53.8 Å². The zero-order valence-electron chi connectivity index (χ0n) is 16.9. The Morgan fingerprint density at radius 3 is 2.41 bits per heavy atom. The molecule has 0 unspecified atom stereocenters. The lowest BCUT2D eigenvalue weighted by Gasteiger charge is -2.35. The number of fused-ring (bicyclic) bond motifs is 1. The molecule has 1 aliphatic heterocycles. The van der Waals surface area contributed by atoms with Gasteiger partial charge in [-0.15, -0.1) is 10.2 Å². The second-order valence-corrected chi connectivity index (χ2v) is 8.18. The smallest absolute Gasteiger partial charge is 0.238 e. The number of aromatic nitrogens is 3. The van der Waals surface area contributed by atoms with Gasteiger partial charge < -0.3 is 10.3 Å². The first-order valence-electron chi connectivity index (χ1n) is 9.91. The maximum Gasteiger partial charge on any atom is 0.238 e. The first kappa shape index (κ1) is 19.5. The molecule has 150 valence electrons. The zero-order valence-corrected chi connectivity index (χ0v) is 17.7. The quantitative estimate of drug-likeness (QED) is 0.695. The summed E-state index contributed by atoms with van der Waals surface area (Å²) in [6, 6.07) is 18.1. The Balaban J connectivity index is 1.76. The van der Waals surface area contributed by atoms with Crippen LogP contribution in [0.4, 0.5) is 0 Å². The highest BCUT2D eigenvalue weighted by molar-refractivity contribution is 8.00. The van der Waals surface area contributed by atoms with Crippen LogP contribution in [0.5, 0.6) is 0 Å². The third-order valence-corrected chi connectivity index (χ3v) is 6.43. The highest BCUT2D eigenvalue weighted by atomic mass is 32.2. The SMILES string of the molecule is CCN(CC)C(=O)[C@@H]1Sc2nnc(-c3ccccc3)n2N[C@H]1c1ccc(C)cc1. The molecule has 0 aliphatic carbocycles. The van der Waals surface area contributed by atoms with E-state index in [4.69, 9.17) is 0 Å². The number of nitrogens with one attached hydrogen (secondary N) is 1. The number of hydrogen-bond acceptors (Lipinski definition) is 5. The second-order valence-electron chi connectivity index (χ2n) is 7.07. The third kappa shape index (κ3) is 3.74. The van der Waals surface area contributed by atoms with Crippen LogP contribution in [0.15, 0.2) is 59.8 Å². The lowest BCUT2D eigenvalue weighted by atomic mass is 10.0. The van der Waals surface area contributed by atoms with Crippen molar-refractivity contribution in [3.8, 4) is 11.4 Å². The largest absolute Gasteiger partial charge is 0.342 e. The predicted molar refractivity (Wildman–Crippen MR) is 116 cm³/mol. The van der Waals surface area contributed by atoms with Gasteiger partial charge in [-0.25, -0.2) is 4.68 Å². The Morgan fingerprint density at radius 2 is 1.76 bits per heavy atom. The average Bonchev–Trinajstić information content (AvgIpc) is 3.18. The Labute approximate surface area is 175 Å². The maximum atomic E-state index is 13.3. The predicted octanol–water partition coefficient (Wildman–Crippen LogP) is 3.88. The van der Waals surface area contributed by atoms with Crippen molar-refractivity contribution >= 4 is 17.7 Å². The van der Waals surface area contributed by atoms with Gasteiger partial charge >= 0.3 is 0 Å². The minimum atomic E-state index is -0.307. The van der Waals surface area contributed by atoms with Crippen LogP contribution in [0.25, 0.3) is 11.4 Å². The Hall–Kier alpha value is -2.80. The molecule has 1 aliphatic rings. The fraction of sp³-hybridized carbons (Fsp3) is 0.318. The van der Waals surface area contributed by atoms with Crippen molar-refractivity contribution in [2.24, 2.45) is 0 Å². The normalized spacial score (nSPS) is 18.0. The number of nitrogens with zero attached hydrogens (tertiary/aromatic N) is 4. The summed E-state index contributed by atoms with van der Waals surface area (Å²) in [6.45, 7) is 7.47. The van der Waals surface area contributed by atoms with Gasteiger partial charge in [0, 0.05) is 18.7 Å². The number of thioether (sulfide) groups is 1. The number of rotatable bonds is 5. The number of aryl methyl sites for hydroxylation is 1. The molecule has 1 N–H and O–H groups in total. The zero-order chi connectivity index (χ0) is 20.4. The molecule has 29 heavy (non-hydrogen) atoms. The summed E-state index contributed by atoms with van der Waals surface area (Å²) in [4.78, 5) is 15.2. The molecule has 0 fully saturated rings. The fourth-order valence-corrected chi connectivity index (χ4v) is 4.72. The summed E-state index contributed by atoms with van der Waals surface area (Å²) >= 11 is 1.48. The van der Waals surface area contributed by atoms with Crippen LogP contribution in [0.3, 0.4) is 0 Å².